The number of hydrogen-bond donors (Lipinski definition) is 2. The third-order valence-corrected chi connectivity index (χ3v) is 2.67. The molecule has 0 aromatic heterocycles. The van der Waals surface area contributed by atoms with Crippen molar-refractivity contribution in [2.75, 3.05) is 13.1 Å². The Labute approximate surface area is 101 Å². The zero-order valence-electron chi connectivity index (χ0n) is 10.00. The molecule has 4 heteroatoms. The third-order valence-electron chi connectivity index (χ3n) is 2.67. The number of halogens is 2. The number of nitrogens with one attached hydrogen (secondary N) is 1. The highest BCUT2D eigenvalue weighted by molar-refractivity contribution is 5.20. The van der Waals surface area contributed by atoms with Crippen LogP contribution in [0.25, 0.3) is 0 Å². The Balaban J connectivity index is 2.35. The van der Waals surface area contributed by atoms with Gasteiger partial charge in [0.15, 0.2) is 0 Å². The molecule has 0 aliphatic rings. The summed E-state index contributed by atoms with van der Waals surface area (Å²) < 4.78 is 27.3. The van der Waals surface area contributed by atoms with Crippen molar-refractivity contribution < 1.29 is 13.9 Å². The van der Waals surface area contributed by atoms with Crippen molar-refractivity contribution in [1.82, 2.24) is 5.32 Å². The molecular weight excluding hydrogens is 224 g/mol. The lowest BCUT2D eigenvalue weighted by Gasteiger charge is -2.18. The summed E-state index contributed by atoms with van der Waals surface area (Å²) in [5, 5.41) is 12.0. The second-order valence-electron chi connectivity index (χ2n) is 4.10. The number of rotatable bonds is 7. The summed E-state index contributed by atoms with van der Waals surface area (Å²) in [5.41, 5.74) is 0.0172. The van der Waals surface area contributed by atoms with Crippen LogP contribution in [0.5, 0.6) is 0 Å². The van der Waals surface area contributed by atoms with Crippen LogP contribution >= 0.6 is 0 Å². The van der Waals surface area contributed by atoms with Crippen LogP contribution in [0.3, 0.4) is 0 Å². The van der Waals surface area contributed by atoms with Crippen molar-refractivity contribution in [2.45, 2.75) is 31.8 Å². The first-order chi connectivity index (χ1) is 8.06. The van der Waals surface area contributed by atoms with Crippen LogP contribution in [0.4, 0.5) is 8.78 Å². The molecule has 1 aromatic carbocycles. The standard InChI is InChI=1S/C13H19F2NO/c1-2-12(17)8-9-16-10-13(14,15)11-6-4-3-5-7-11/h3-7,12,16-17H,2,8-10H2,1H3. The molecule has 96 valence electrons. The quantitative estimate of drug-likeness (QED) is 0.721. The molecule has 0 radical (unpaired) electrons. The van der Waals surface area contributed by atoms with Gasteiger partial charge in [-0.25, -0.2) is 0 Å². The average molecular weight is 243 g/mol. The van der Waals surface area contributed by atoms with Crippen molar-refractivity contribution in [3.8, 4) is 0 Å². The van der Waals surface area contributed by atoms with Crippen molar-refractivity contribution in [1.29, 1.82) is 0 Å². The molecule has 0 heterocycles. The Morgan fingerprint density at radius 1 is 1.29 bits per heavy atom. The molecule has 0 bridgehead atoms. The molecule has 0 saturated heterocycles. The Bertz CT molecular complexity index is 316. The lowest BCUT2D eigenvalue weighted by molar-refractivity contribution is -0.00378. The summed E-state index contributed by atoms with van der Waals surface area (Å²) in [7, 11) is 0. The molecule has 0 fully saturated rings. The van der Waals surface area contributed by atoms with Gasteiger partial charge in [0.2, 0.25) is 0 Å². The molecule has 1 aromatic rings. The van der Waals surface area contributed by atoms with Crippen LogP contribution in [-0.4, -0.2) is 24.3 Å². The SMILES string of the molecule is CCC(O)CCNCC(F)(F)c1ccccc1. The molecule has 1 atom stereocenters. The first-order valence-corrected chi connectivity index (χ1v) is 5.88. The maximum Gasteiger partial charge on any atom is 0.285 e. The minimum Gasteiger partial charge on any atom is -0.393 e. The summed E-state index contributed by atoms with van der Waals surface area (Å²) in [4.78, 5) is 0. The van der Waals surface area contributed by atoms with Crippen LogP contribution in [0.15, 0.2) is 30.3 Å². The second-order valence-corrected chi connectivity index (χ2v) is 4.10. The topological polar surface area (TPSA) is 32.3 Å². The highest BCUT2D eigenvalue weighted by Crippen LogP contribution is 2.26. The normalized spacial score (nSPS) is 13.6. The molecule has 1 rings (SSSR count). The number of hydrogen-bond acceptors (Lipinski definition) is 2. The minimum atomic E-state index is -2.86. The maximum atomic E-state index is 13.6. The van der Waals surface area contributed by atoms with E-state index < -0.39 is 18.6 Å². The lowest BCUT2D eigenvalue weighted by Crippen LogP contribution is -2.32. The molecule has 17 heavy (non-hydrogen) atoms. The molecule has 2 nitrogen and oxygen atoms in total. The van der Waals surface area contributed by atoms with Gasteiger partial charge >= 0.3 is 0 Å². The first kappa shape index (κ1) is 14.1. The highest BCUT2D eigenvalue weighted by atomic mass is 19.3. The predicted octanol–water partition coefficient (Wildman–Crippen LogP) is 2.53. The summed E-state index contributed by atoms with van der Waals surface area (Å²) in [6.07, 6.45) is 0.742. The molecule has 0 amide bonds. The fourth-order valence-electron chi connectivity index (χ4n) is 1.50. The second kappa shape index (κ2) is 6.67. The van der Waals surface area contributed by atoms with E-state index in [9.17, 15) is 13.9 Å². The molecule has 0 aliphatic carbocycles. The van der Waals surface area contributed by atoms with Gasteiger partial charge in [-0.15, -0.1) is 0 Å². The maximum absolute atomic E-state index is 13.6. The zero-order valence-corrected chi connectivity index (χ0v) is 10.00. The summed E-state index contributed by atoms with van der Waals surface area (Å²) in [6, 6.07) is 7.75. The fourth-order valence-corrected chi connectivity index (χ4v) is 1.50. The van der Waals surface area contributed by atoms with Gasteiger partial charge in [-0.1, -0.05) is 37.3 Å². The lowest BCUT2D eigenvalue weighted by atomic mass is 10.1. The van der Waals surface area contributed by atoms with Crippen molar-refractivity contribution >= 4 is 0 Å². The molecular formula is C13H19F2NO. The smallest absolute Gasteiger partial charge is 0.285 e. The van der Waals surface area contributed by atoms with Crippen molar-refractivity contribution in [3.63, 3.8) is 0 Å². The predicted molar refractivity (Wildman–Crippen MR) is 64.1 cm³/mol. The Morgan fingerprint density at radius 2 is 1.94 bits per heavy atom. The van der Waals surface area contributed by atoms with Crippen LogP contribution in [-0.2, 0) is 5.92 Å². The van der Waals surface area contributed by atoms with E-state index in [0.717, 1.165) is 0 Å². The molecule has 0 spiro atoms. The van der Waals surface area contributed by atoms with Gasteiger partial charge in [0.25, 0.3) is 5.92 Å². The van der Waals surface area contributed by atoms with Crippen LogP contribution < -0.4 is 5.32 Å². The van der Waals surface area contributed by atoms with E-state index in [4.69, 9.17) is 0 Å². The van der Waals surface area contributed by atoms with Gasteiger partial charge in [0, 0.05) is 5.56 Å². The van der Waals surface area contributed by atoms with E-state index >= 15 is 0 Å². The van der Waals surface area contributed by atoms with Crippen LogP contribution in [0.1, 0.15) is 25.3 Å². The van der Waals surface area contributed by atoms with E-state index in [-0.39, 0.29) is 5.56 Å². The summed E-state index contributed by atoms with van der Waals surface area (Å²) >= 11 is 0. The zero-order chi connectivity index (χ0) is 12.7. The fraction of sp³-hybridized carbons (Fsp3) is 0.538. The van der Waals surface area contributed by atoms with Gasteiger partial charge in [-0.05, 0) is 19.4 Å². The number of alkyl halides is 2. The van der Waals surface area contributed by atoms with E-state index in [1.54, 1.807) is 18.2 Å². The molecule has 1 unspecified atom stereocenters. The number of aliphatic hydroxyl groups excluding tert-OH is 1. The summed E-state index contributed by atoms with van der Waals surface area (Å²) in [5.74, 6) is -2.86. The van der Waals surface area contributed by atoms with E-state index in [1.165, 1.54) is 12.1 Å². The molecule has 0 saturated carbocycles. The molecule has 0 aliphatic heterocycles. The Morgan fingerprint density at radius 3 is 2.53 bits per heavy atom. The Kier molecular flexibility index (Phi) is 5.51. The van der Waals surface area contributed by atoms with Crippen LogP contribution in [0.2, 0.25) is 0 Å². The van der Waals surface area contributed by atoms with Gasteiger partial charge in [0.1, 0.15) is 0 Å². The third kappa shape index (κ3) is 4.79. The van der Waals surface area contributed by atoms with Crippen molar-refractivity contribution in [2.24, 2.45) is 0 Å². The minimum absolute atomic E-state index is 0.0172. The van der Waals surface area contributed by atoms with Crippen LogP contribution in [0, 0.1) is 0 Å². The first-order valence-electron chi connectivity index (χ1n) is 5.88. The largest absolute Gasteiger partial charge is 0.393 e. The average Bonchev–Trinajstić information content (AvgIpc) is 2.35. The van der Waals surface area contributed by atoms with E-state index in [2.05, 4.69) is 5.32 Å². The van der Waals surface area contributed by atoms with Gasteiger partial charge < -0.3 is 10.4 Å². The van der Waals surface area contributed by atoms with Gasteiger partial charge in [-0.3, -0.25) is 0 Å². The molecule has 2 N–H and O–H groups in total. The van der Waals surface area contributed by atoms with Crippen molar-refractivity contribution in [3.05, 3.63) is 35.9 Å². The van der Waals surface area contributed by atoms with Gasteiger partial charge in [0.05, 0.1) is 12.6 Å². The van der Waals surface area contributed by atoms with E-state index in [0.29, 0.717) is 19.4 Å². The van der Waals surface area contributed by atoms with Gasteiger partial charge in [-0.2, -0.15) is 8.78 Å². The number of benzene rings is 1. The number of aliphatic hydroxyl groups is 1. The monoisotopic (exact) mass is 243 g/mol. The highest BCUT2D eigenvalue weighted by Gasteiger charge is 2.30. The Hall–Kier alpha value is -1.00. The summed E-state index contributed by atoms with van der Waals surface area (Å²) in [6.45, 7) is 1.87. The van der Waals surface area contributed by atoms with E-state index in [1.807, 2.05) is 6.92 Å².